The van der Waals surface area contributed by atoms with E-state index in [1.54, 1.807) is 14.2 Å². The first-order chi connectivity index (χ1) is 8.15. The molecule has 0 aliphatic heterocycles. The summed E-state index contributed by atoms with van der Waals surface area (Å²) in [5.41, 5.74) is 7.89. The summed E-state index contributed by atoms with van der Waals surface area (Å²) in [7, 11) is 3.24. The number of nitriles is 1. The predicted octanol–water partition coefficient (Wildman–Crippen LogP) is 2.32. The van der Waals surface area contributed by atoms with E-state index in [1.165, 1.54) is 0 Å². The van der Waals surface area contributed by atoms with Gasteiger partial charge in [0.15, 0.2) is 0 Å². The fourth-order valence-corrected chi connectivity index (χ4v) is 1.85. The summed E-state index contributed by atoms with van der Waals surface area (Å²) in [5.74, 6) is 1.52. The van der Waals surface area contributed by atoms with Gasteiger partial charge in [-0.3, -0.25) is 0 Å². The average Bonchev–Trinajstić information content (AvgIpc) is 2.35. The first kappa shape index (κ1) is 13.3. The molecule has 1 aromatic carbocycles. The number of rotatable bonds is 5. The lowest BCUT2D eigenvalue weighted by atomic mass is 9.99. The van der Waals surface area contributed by atoms with Gasteiger partial charge >= 0.3 is 0 Å². The normalized spacial score (nSPS) is 11.7. The highest BCUT2D eigenvalue weighted by Gasteiger charge is 2.16. The molecule has 2 N–H and O–H groups in total. The second kappa shape index (κ2) is 6.12. The van der Waals surface area contributed by atoms with Crippen LogP contribution in [-0.4, -0.2) is 14.2 Å². The number of methoxy groups -OCH3 is 2. The lowest BCUT2D eigenvalue weighted by Gasteiger charge is -2.18. The minimum atomic E-state index is -0.186. The minimum absolute atomic E-state index is 0.186. The maximum Gasteiger partial charge on any atom is 0.130 e. The van der Waals surface area contributed by atoms with Crippen LogP contribution in [-0.2, 0) is 0 Å². The minimum Gasteiger partial charge on any atom is -0.496 e. The Labute approximate surface area is 102 Å². The quantitative estimate of drug-likeness (QED) is 0.848. The van der Waals surface area contributed by atoms with Gasteiger partial charge in [0.05, 0.1) is 20.3 Å². The smallest absolute Gasteiger partial charge is 0.130 e. The Morgan fingerprint density at radius 3 is 2.59 bits per heavy atom. The second-order valence-corrected chi connectivity index (χ2v) is 3.82. The van der Waals surface area contributed by atoms with E-state index in [0.29, 0.717) is 12.8 Å². The van der Waals surface area contributed by atoms with Gasteiger partial charge in [-0.15, -0.1) is 0 Å². The maximum absolute atomic E-state index is 8.57. The van der Waals surface area contributed by atoms with Crippen LogP contribution in [0.15, 0.2) is 12.1 Å². The van der Waals surface area contributed by atoms with E-state index in [4.69, 9.17) is 20.5 Å². The predicted molar refractivity (Wildman–Crippen MR) is 66.1 cm³/mol. The van der Waals surface area contributed by atoms with E-state index >= 15 is 0 Å². The Morgan fingerprint density at radius 1 is 1.35 bits per heavy atom. The van der Waals surface area contributed by atoms with Crippen LogP contribution < -0.4 is 15.2 Å². The van der Waals surface area contributed by atoms with Crippen molar-refractivity contribution in [1.82, 2.24) is 0 Å². The van der Waals surface area contributed by atoms with Crippen LogP contribution in [0, 0.1) is 18.3 Å². The standard InChI is InChI=1S/C13H18N2O2/c1-9-12(16-2)7-6-10(13(9)17-3)11(15)5-4-8-14/h6-7,11H,4-5,15H2,1-3H3. The maximum atomic E-state index is 8.57. The van der Waals surface area contributed by atoms with Gasteiger partial charge in [0.25, 0.3) is 0 Å². The van der Waals surface area contributed by atoms with Crippen molar-refractivity contribution >= 4 is 0 Å². The number of hydrogen-bond donors (Lipinski definition) is 1. The molecule has 0 bridgehead atoms. The monoisotopic (exact) mass is 234 g/mol. The molecule has 0 heterocycles. The summed E-state index contributed by atoms with van der Waals surface area (Å²) in [6, 6.07) is 5.68. The van der Waals surface area contributed by atoms with Crippen molar-refractivity contribution in [2.45, 2.75) is 25.8 Å². The molecule has 17 heavy (non-hydrogen) atoms. The molecule has 0 radical (unpaired) electrons. The van der Waals surface area contributed by atoms with E-state index < -0.39 is 0 Å². The zero-order chi connectivity index (χ0) is 12.8. The van der Waals surface area contributed by atoms with Crippen LogP contribution in [0.5, 0.6) is 11.5 Å². The lowest BCUT2D eigenvalue weighted by Crippen LogP contribution is -2.12. The number of benzene rings is 1. The average molecular weight is 234 g/mol. The molecule has 0 aromatic heterocycles. The molecule has 1 atom stereocenters. The van der Waals surface area contributed by atoms with Crippen molar-refractivity contribution in [1.29, 1.82) is 5.26 Å². The number of nitrogens with two attached hydrogens (primary N) is 1. The molecule has 1 aromatic rings. The lowest BCUT2D eigenvalue weighted by molar-refractivity contribution is 0.382. The third kappa shape index (κ3) is 2.89. The molecule has 0 aliphatic carbocycles. The molecule has 0 aliphatic rings. The van der Waals surface area contributed by atoms with Gasteiger partial charge in [0, 0.05) is 23.6 Å². The Morgan fingerprint density at radius 2 is 2.06 bits per heavy atom. The van der Waals surface area contributed by atoms with Gasteiger partial charge in [-0.2, -0.15) is 5.26 Å². The summed E-state index contributed by atoms with van der Waals surface area (Å²) in [4.78, 5) is 0. The van der Waals surface area contributed by atoms with Gasteiger partial charge in [0.1, 0.15) is 11.5 Å². The van der Waals surface area contributed by atoms with Crippen LogP contribution in [0.3, 0.4) is 0 Å². The first-order valence-corrected chi connectivity index (χ1v) is 5.49. The molecular weight excluding hydrogens is 216 g/mol. The molecule has 1 rings (SSSR count). The number of ether oxygens (including phenoxy) is 2. The van der Waals surface area contributed by atoms with Crippen LogP contribution in [0.4, 0.5) is 0 Å². The summed E-state index contributed by atoms with van der Waals surface area (Å²) in [6.07, 6.45) is 1.06. The molecule has 0 saturated carbocycles. The van der Waals surface area contributed by atoms with Crippen molar-refractivity contribution in [3.63, 3.8) is 0 Å². The molecule has 4 nitrogen and oxygen atoms in total. The second-order valence-electron chi connectivity index (χ2n) is 3.82. The van der Waals surface area contributed by atoms with Gasteiger partial charge in [-0.25, -0.2) is 0 Å². The molecular formula is C13H18N2O2. The Balaban J connectivity index is 3.08. The fraction of sp³-hybridized carbons (Fsp3) is 0.462. The van der Waals surface area contributed by atoms with Crippen LogP contribution in [0.25, 0.3) is 0 Å². The van der Waals surface area contributed by atoms with Crippen molar-refractivity contribution in [3.8, 4) is 17.6 Å². The van der Waals surface area contributed by atoms with Gasteiger partial charge in [-0.1, -0.05) is 6.07 Å². The number of nitrogens with zero attached hydrogens (tertiary/aromatic N) is 1. The third-order valence-corrected chi connectivity index (χ3v) is 2.78. The van der Waals surface area contributed by atoms with Crippen LogP contribution in [0.1, 0.15) is 30.0 Å². The Hall–Kier alpha value is -1.73. The van der Waals surface area contributed by atoms with E-state index in [2.05, 4.69) is 6.07 Å². The summed E-state index contributed by atoms with van der Waals surface area (Å²) < 4.78 is 10.6. The topological polar surface area (TPSA) is 68.3 Å². The van der Waals surface area contributed by atoms with E-state index in [9.17, 15) is 0 Å². The van der Waals surface area contributed by atoms with Crippen molar-refractivity contribution in [2.24, 2.45) is 5.73 Å². The fourth-order valence-electron chi connectivity index (χ4n) is 1.85. The highest BCUT2D eigenvalue weighted by Crippen LogP contribution is 2.35. The summed E-state index contributed by atoms with van der Waals surface area (Å²) in [6.45, 7) is 1.93. The molecule has 1 unspecified atom stereocenters. The van der Waals surface area contributed by atoms with Gasteiger partial charge in [-0.05, 0) is 19.4 Å². The van der Waals surface area contributed by atoms with Crippen molar-refractivity contribution in [2.75, 3.05) is 14.2 Å². The van der Waals surface area contributed by atoms with Crippen LogP contribution >= 0.6 is 0 Å². The van der Waals surface area contributed by atoms with E-state index in [1.807, 2.05) is 19.1 Å². The molecule has 0 saturated heterocycles. The van der Waals surface area contributed by atoms with Crippen LogP contribution in [0.2, 0.25) is 0 Å². The largest absolute Gasteiger partial charge is 0.496 e. The molecule has 0 amide bonds. The SMILES string of the molecule is COc1ccc(C(N)CCC#N)c(OC)c1C. The molecule has 0 spiro atoms. The molecule has 92 valence electrons. The highest BCUT2D eigenvalue weighted by molar-refractivity contribution is 5.50. The number of hydrogen-bond acceptors (Lipinski definition) is 4. The van der Waals surface area contributed by atoms with Crippen molar-refractivity contribution in [3.05, 3.63) is 23.3 Å². The molecule has 4 heteroatoms. The van der Waals surface area contributed by atoms with Gasteiger partial charge in [0.2, 0.25) is 0 Å². The van der Waals surface area contributed by atoms with E-state index in [0.717, 1.165) is 22.6 Å². The van der Waals surface area contributed by atoms with E-state index in [-0.39, 0.29) is 6.04 Å². The summed E-state index contributed by atoms with van der Waals surface area (Å²) >= 11 is 0. The third-order valence-electron chi connectivity index (χ3n) is 2.78. The zero-order valence-electron chi connectivity index (χ0n) is 10.5. The summed E-state index contributed by atoms with van der Waals surface area (Å²) in [5, 5.41) is 8.57. The highest BCUT2D eigenvalue weighted by atomic mass is 16.5. The van der Waals surface area contributed by atoms with Gasteiger partial charge < -0.3 is 15.2 Å². The zero-order valence-corrected chi connectivity index (χ0v) is 10.5. The Bertz CT molecular complexity index is 424. The first-order valence-electron chi connectivity index (χ1n) is 5.49. The molecule has 0 fully saturated rings. The Kier molecular flexibility index (Phi) is 4.80. The van der Waals surface area contributed by atoms with Crippen molar-refractivity contribution < 1.29 is 9.47 Å².